The molecule has 0 aliphatic carbocycles. The SMILES string of the molecule is Cc1ccc(S(=O)(=O)NCC2CCN(c3nc4ccccc4o3)CC2)cc1Cl. The molecular weight excluding hydrogens is 398 g/mol. The summed E-state index contributed by atoms with van der Waals surface area (Å²) in [5, 5.41) is 0.453. The van der Waals surface area contributed by atoms with Gasteiger partial charge in [0.25, 0.3) is 6.01 Å². The minimum atomic E-state index is -3.56. The van der Waals surface area contributed by atoms with Gasteiger partial charge in [-0.25, -0.2) is 13.1 Å². The summed E-state index contributed by atoms with van der Waals surface area (Å²) in [4.78, 5) is 6.85. The Labute approximate surface area is 169 Å². The van der Waals surface area contributed by atoms with Gasteiger partial charge in [0.1, 0.15) is 5.52 Å². The van der Waals surface area contributed by atoms with Crippen LogP contribution in [-0.4, -0.2) is 33.0 Å². The fourth-order valence-corrected chi connectivity index (χ4v) is 4.76. The van der Waals surface area contributed by atoms with Crippen molar-refractivity contribution in [3.05, 3.63) is 53.1 Å². The van der Waals surface area contributed by atoms with Crippen LogP contribution < -0.4 is 9.62 Å². The van der Waals surface area contributed by atoms with Crippen LogP contribution in [0.1, 0.15) is 18.4 Å². The predicted molar refractivity (Wildman–Crippen MR) is 110 cm³/mol. The van der Waals surface area contributed by atoms with Gasteiger partial charge in [-0.2, -0.15) is 4.98 Å². The number of aryl methyl sites for hydroxylation is 1. The number of nitrogens with one attached hydrogen (secondary N) is 1. The normalized spacial score (nSPS) is 16.0. The summed E-state index contributed by atoms with van der Waals surface area (Å²) in [6, 6.07) is 13.1. The molecule has 1 saturated heterocycles. The molecule has 0 atom stereocenters. The van der Waals surface area contributed by atoms with Gasteiger partial charge in [0.05, 0.1) is 4.90 Å². The largest absolute Gasteiger partial charge is 0.423 e. The number of piperidine rings is 1. The average molecular weight is 420 g/mol. The van der Waals surface area contributed by atoms with Crippen LogP contribution >= 0.6 is 11.6 Å². The van der Waals surface area contributed by atoms with Crippen LogP contribution in [0.3, 0.4) is 0 Å². The number of rotatable bonds is 5. The number of anilines is 1. The van der Waals surface area contributed by atoms with Crippen LogP contribution in [0.5, 0.6) is 0 Å². The molecule has 0 saturated carbocycles. The number of aromatic nitrogens is 1. The highest BCUT2D eigenvalue weighted by molar-refractivity contribution is 7.89. The van der Waals surface area contributed by atoms with Gasteiger partial charge in [0, 0.05) is 24.7 Å². The zero-order valence-corrected chi connectivity index (χ0v) is 17.1. The monoisotopic (exact) mass is 419 g/mol. The van der Waals surface area contributed by atoms with Crippen LogP contribution in [0.25, 0.3) is 11.1 Å². The van der Waals surface area contributed by atoms with Gasteiger partial charge in [-0.05, 0) is 55.5 Å². The number of halogens is 1. The summed E-state index contributed by atoms with van der Waals surface area (Å²) in [6.07, 6.45) is 1.74. The first-order valence-corrected chi connectivity index (χ1v) is 11.1. The maximum Gasteiger partial charge on any atom is 0.298 e. The number of hydrogen-bond donors (Lipinski definition) is 1. The molecule has 0 bridgehead atoms. The average Bonchev–Trinajstić information content (AvgIpc) is 3.13. The highest BCUT2D eigenvalue weighted by Crippen LogP contribution is 2.26. The lowest BCUT2D eigenvalue weighted by Gasteiger charge is -2.30. The minimum absolute atomic E-state index is 0.201. The fraction of sp³-hybridized carbons (Fsp3) is 0.350. The van der Waals surface area contributed by atoms with E-state index < -0.39 is 10.0 Å². The quantitative estimate of drug-likeness (QED) is 0.676. The second-order valence-corrected chi connectivity index (χ2v) is 9.33. The Balaban J connectivity index is 1.34. The van der Waals surface area contributed by atoms with Crippen molar-refractivity contribution >= 4 is 38.7 Å². The van der Waals surface area contributed by atoms with Crippen LogP contribution in [0, 0.1) is 12.8 Å². The molecule has 0 amide bonds. The number of oxazole rings is 1. The molecule has 0 radical (unpaired) electrons. The summed E-state index contributed by atoms with van der Waals surface area (Å²) in [5.74, 6) is 0.274. The van der Waals surface area contributed by atoms with Gasteiger partial charge in [-0.3, -0.25) is 0 Å². The van der Waals surface area contributed by atoms with Gasteiger partial charge < -0.3 is 9.32 Å². The Morgan fingerprint density at radius 1 is 1.21 bits per heavy atom. The maximum absolute atomic E-state index is 12.5. The third-order valence-electron chi connectivity index (χ3n) is 5.18. The predicted octanol–water partition coefficient (Wildman–Crippen LogP) is 3.98. The number of sulfonamides is 1. The Morgan fingerprint density at radius 3 is 2.68 bits per heavy atom. The van der Waals surface area contributed by atoms with Crippen LogP contribution in [0.2, 0.25) is 5.02 Å². The van der Waals surface area contributed by atoms with E-state index in [1.54, 1.807) is 12.1 Å². The summed E-state index contributed by atoms with van der Waals surface area (Å²) in [7, 11) is -3.56. The van der Waals surface area contributed by atoms with Gasteiger partial charge >= 0.3 is 0 Å². The van der Waals surface area contributed by atoms with E-state index in [0.717, 1.165) is 42.6 Å². The van der Waals surface area contributed by atoms with E-state index in [2.05, 4.69) is 14.6 Å². The van der Waals surface area contributed by atoms with Crippen molar-refractivity contribution in [2.24, 2.45) is 5.92 Å². The molecule has 0 spiro atoms. The van der Waals surface area contributed by atoms with Gasteiger partial charge in [-0.15, -0.1) is 0 Å². The molecule has 8 heteroatoms. The third-order valence-corrected chi connectivity index (χ3v) is 7.01. The molecule has 0 unspecified atom stereocenters. The van der Waals surface area contributed by atoms with Gasteiger partial charge in [0.15, 0.2) is 5.58 Å². The molecule has 6 nitrogen and oxygen atoms in total. The van der Waals surface area contributed by atoms with Crippen LogP contribution in [0.4, 0.5) is 6.01 Å². The molecule has 148 valence electrons. The lowest BCUT2D eigenvalue weighted by atomic mass is 9.97. The lowest BCUT2D eigenvalue weighted by molar-refractivity contribution is 0.387. The van der Waals surface area contributed by atoms with Crippen molar-refractivity contribution in [1.29, 1.82) is 0 Å². The zero-order chi connectivity index (χ0) is 19.7. The van der Waals surface area contributed by atoms with Crippen molar-refractivity contribution in [3.63, 3.8) is 0 Å². The summed E-state index contributed by atoms with van der Waals surface area (Å²) >= 11 is 6.06. The van der Waals surface area contributed by atoms with E-state index in [0.29, 0.717) is 17.6 Å². The smallest absolute Gasteiger partial charge is 0.298 e. The maximum atomic E-state index is 12.5. The molecule has 1 aliphatic heterocycles. The third kappa shape index (κ3) is 4.01. The van der Waals surface area contributed by atoms with Gasteiger partial charge in [-0.1, -0.05) is 29.8 Å². The number of hydrogen-bond acceptors (Lipinski definition) is 5. The second kappa shape index (κ2) is 7.73. The number of benzene rings is 2. The van der Waals surface area contributed by atoms with E-state index in [-0.39, 0.29) is 10.8 Å². The Bertz CT molecular complexity index is 1060. The molecular formula is C20H22ClN3O3S. The first kappa shape index (κ1) is 19.2. The summed E-state index contributed by atoms with van der Waals surface area (Å²) in [5.41, 5.74) is 2.49. The highest BCUT2D eigenvalue weighted by atomic mass is 35.5. The minimum Gasteiger partial charge on any atom is -0.423 e. The van der Waals surface area contributed by atoms with Gasteiger partial charge in [0.2, 0.25) is 10.0 Å². The Hall–Kier alpha value is -2.09. The van der Waals surface area contributed by atoms with Crippen molar-refractivity contribution in [2.75, 3.05) is 24.5 Å². The molecule has 28 heavy (non-hydrogen) atoms. The first-order chi connectivity index (χ1) is 13.4. The van der Waals surface area contributed by atoms with E-state index >= 15 is 0 Å². The van der Waals surface area contributed by atoms with Crippen molar-refractivity contribution in [3.8, 4) is 0 Å². The molecule has 1 N–H and O–H groups in total. The van der Waals surface area contributed by atoms with E-state index in [1.165, 1.54) is 6.07 Å². The second-order valence-electron chi connectivity index (χ2n) is 7.16. The molecule has 2 aromatic carbocycles. The molecule has 3 aromatic rings. The first-order valence-electron chi connectivity index (χ1n) is 9.29. The molecule has 1 aliphatic rings. The summed E-state index contributed by atoms with van der Waals surface area (Å²) < 4.78 is 33.6. The standard InChI is InChI=1S/C20H22ClN3O3S/c1-14-6-7-16(12-17(14)21)28(25,26)22-13-15-8-10-24(11-9-15)20-23-18-4-2-3-5-19(18)27-20/h2-7,12,15,22H,8-11,13H2,1H3. The Morgan fingerprint density at radius 2 is 1.96 bits per heavy atom. The number of fused-ring (bicyclic) bond motifs is 1. The highest BCUT2D eigenvalue weighted by Gasteiger charge is 2.24. The lowest BCUT2D eigenvalue weighted by Crippen LogP contribution is -2.38. The van der Waals surface area contributed by atoms with E-state index in [4.69, 9.17) is 16.0 Å². The number of para-hydroxylation sites is 2. The van der Waals surface area contributed by atoms with Crippen LogP contribution in [0.15, 0.2) is 51.8 Å². The van der Waals surface area contributed by atoms with Crippen molar-refractivity contribution < 1.29 is 12.8 Å². The van der Waals surface area contributed by atoms with Crippen molar-refractivity contribution in [1.82, 2.24) is 9.71 Å². The van der Waals surface area contributed by atoms with E-state index in [9.17, 15) is 8.42 Å². The fourth-order valence-electron chi connectivity index (χ4n) is 3.38. The van der Waals surface area contributed by atoms with E-state index in [1.807, 2.05) is 31.2 Å². The molecule has 4 rings (SSSR count). The van der Waals surface area contributed by atoms with Crippen molar-refractivity contribution in [2.45, 2.75) is 24.7 Å². The molecule has 1 fully saturated rings. The summed E-state index contributed by atoms with van der Waals surface area (Å²) in [6.45, 7) is 3.83. The zero-order valence-electron chi connectivity index (χ0n) is 15.6. The topological polar surface area (TPSA) is 75.4 Å². The molecule has 2 heterocycles. The number of nitrogens with zero attached hydrogens (tertiary/aromatic N) is 2. The Kier molecular flexibility index (Phi) is 5.31. The molecule has 1 aromatic heterocycles. The van der Waals surface area contributed by atoms with Crippen LogP contribution in [-0.2, 0) is 10.0 Å².